The van der Waals surface area contributed by atoms with Crippen molar-refractivity contribution in [2.75, 3.05) is 4.90 Å². The van der Waals surface area contributed by atoms with Crippen molar-refractivity contribution >= 4 is 52.8 Å². The first-order valence-electron chi connectivity index (χ1n) is 9.52. The molecule has 0 saturated carbocycles. The highest BCUT2D eigenvalue weighted by Gasteiger charge is 2.37. The van der Waals surface area contributed by atoms with Crippen LogP contribution < -0.4 is 10.2 Å². The average molecular weight is 469 g/mol. The van der Waals surface area contributed by atoms with Gasteiger partial charge in [0, 0.05) is 6.42 Å². The van der Waals surface area contributed by atoms with Crippen LogP contribution in [0.4, 0.5) is 14.9 Å². The van der Waals surface area contributed by atoms with Gasteiger partial charge in [0.1, 0.15) is 11.4 Å². The van der Waals surface area contributed by atoms with Gasteiger partial charge in [0.25, 0.3) is 11.8 Å². The van der Waals surface area contributed by atoms with E-state index in [4.69, 9.17) is 23.2 Å². The maximum absolute atomic E-state index is 13.9. The molecule has 0 spiro atoms. The summed E-state index contributed by atoms with van der Waals surface area (Å²) in [4.78, 5) is 38.4. The number of nitrogens with zero attached hydrogens (tertiary/aromatic N) is 1. The van der Waals surface area contributed by atoms with E-state index in [9.17, 15) is 18.8 Å². The van der Waals surface area contributed by atoms with Gasteiger partial charge in [-0.3, -0.25) is 14.9 Å². The van der Waals surface area contributed by atoms with Crippen LogP contribution >= 0.6 is 23.2 Å². The summed E-state index contributed by atoms with van der Waals surface area (Å²) in [5, 5.41) is 2.58. The summed E-state index contributed by atoms with van der Waals surface area (Å²) in [7, 11) is 0. The van der Waals surface area contributed by atoms with Gasteiger partial charge in [0.05, 0.1) is 15.7 Å². The predicted octanol–water partition coefficient (Wildman–Crippen LogP) is 5.39. The molecule has 0 unspecified atom stereocenters. The molecule has 0 atom stereocenters. The lowest BCUT2D eigenvalue weighted by atomic mass is 10.0. The summed E-state index contributed by atoms with van der Waals surface area (Å²) >= 11 is 11.9. The molecule has 1 saturated heterocycles. The lowest BCUT2D eigenvalue weighted by Gasteiger charge is -2.26. The molecule has 0 aromatic heterocycles. The molecule has 32 heavy (non-hydrogen) atoms. The van der Waals surface area contributed by atoms with Gasteiger partial charge >= 0.3 is 6.03 Å². The van der Waals surface area contributed by atoms with Gasteiger partial charge in [-0.05, 0) is 47.0 Å². The number of hydrogen-bond donors (Lipinski definition) is 1. The molecular weight excluding hydrogens is 454 g/mol. The van der Waals surface area contributed by atoms with E-state index in [1.165, 1.54) is 30.3 Å². The molecule has 0 radical (unpaired) electrons. The number of hydrogen-bond acceptors (Lipinski definition) is 3. The van der Waals surface area contributed by atoms with E-state index in [0.29, 0.717) is 17.5 Å². The van der Waals surface area contributed by atoms with Gasteiger partial charge in [-0.15, -0.1) is 0 Å². The zero-order chi connectivity index (χ0) is 22.8. The number of benzene rings is 3. The van der Waals surface area contributed by atoms with Crippen LogP contribution in [0.3, 0.4) is 0 Å². The SMILES string of the molecule is O=C1NC(=O)N(c2ccc(Cl)c(Cl)c2)C(=O)/C1=C/c1ccc(Cc2ccccc2F)cc1. The fourth-order valence-corrected chi connectivity index (χ4v) is 3.57. The van der Waals surface area contributed by atoms with E-state index in [-0.39, 0.29) is 27.1 Å². The first kappa shape index (κ1) is 21.7. The van der Waals surface area contributed by atoms with Crippen LogP contribution in [0.1, 0.15) is 16.7 Å². The summed E-state index contributed by atoms with van der Waals surface area (Å²) in [6, 6.07) is 16.9. The standard InChI is InChI=1S/C24H15Cl2FN2O3/c25-19-10-9-17(13-20(19)26)29-23(31)18(22(30)28-24(29)32)12-15-7-5-14(6-8-15)11-16-3-1-2-4-21(16)27/h1-10,12-13H,11H2,(H,28,30,32)/b18-12+. The van der Waals surface area contributed by atoms with Crippen molar-refractivity contribution in [3.05, 3.63) is 105 Å². The van der Waals surface area contributed by atoms with Gasteiger partial charge < -0.3 is 0 Å². The average Bonchev–Trinajstić information content (AvgIpc) is 2.76. The Bertz CT molecular complexity index is 1270. The highest BCUT2D eigenvalue weighted by atomic mass is 35.5. The fraction of sp³-hybridized carbons (Fsp3) is 0.0417. The lowest BCUT2D eigenvalue weighted by molar-refractivity contribution is -0.122. The Balaban J connectivity index is 1.60. The number of nitrogens with one attached hydrogen (secondary N) is 1. The van der Waals surface area contributed by atoms with Gasteiger partial charge in [-0.1, -0.05) is 65.7 Å². The van der Waals surface area contributed by atoms with Gasteiger partial charge in [0.15, 0.2) is 0 Å². The number of amides is 4. The molecule has 1 N–H and O–H groups in total. The van der Waals surface area contributed by atoms with Gasteiger partial charge in [-0.2, -0.15) is 0 Å². The van der Waals surface area contributed by atoms with Crippen LogP contribution in [-0.2, 0) is 16.0 Å². The molecule has 160 valence electrons. The monoisotopic (exact) mass is 468 g/mol. The number of carbonyl (C=O) groups is 3. The fourth-order valence-electron chi connectivity index (χ4n) is 3.28. The zero-order valence-corrected chi connectivity index (χ0v) is 18.0. The van der Waals surface area contributed by atoms with Gasteiger partial charge in [0.2, 0.25) is 0 Å². The molecule has 1 heterocycles. The number of carbonyl (C=O) groups excluding carboxylic acids is 3. The van der Waals surface area contributed by atoms with Crippen LogP contribution in [0.25, 0.3) is 6.08 Å². The van der Waals surface area contributed by atoms with Crippen molar-refractivity contribution in [2.45, 2.75) is 6.42 Å². The van der Waals surface area contributed by atoms with Crippen LogP contribution in [0, 0.1) is 5.82 Å². The van der Waals surface area contributed by atoms with Crippen molar-refractivity contribution < 1.29 is 18.8 Å². The summed E-state index contributed by atoms with van der Waals surface area (Å²) in [5.41, 5.74) is 1.97. The normalized spacial score (nSPS) is 15.3. The second kappa shape index (κ2) is 8.94. The first-order chi connectivity index (χ1) is 15.3. The quantitative estimate of drug-likeness (QED) is 0.412. The molecular formula is C24H15Cl2FN2O3. The number of barbiturate groups is 1. The number of anilines is 1. The summed E-state index contributed by atoms with van der Waals surface area (Å²) in [6.45, 7) is 0. The van der Waals surface area contributed by atoms with E-state index in [0.717, 1.165) is 10.5 Å². The second-order valence-electron chi connectivity index (χ2n) is 7.07. The van der Waals surface area contributed by atoms with E-state index in [1.807, 2.05) is 0 Å². The smallest absolute Gasteiger partial charge is 0.273 e. The third-order valence-electron chi connectivity index (χ3n) is 4.91. The molecule has 1 fully saturated rings. The topological polar surface area (TPSA) is 66.5 Å². The molecule has 3 aromatic rings. The predicted molar refractivity (Wildman–Crippen MR) is 121 cm³/mol. The van der Waals surface area contributed by atoms with Crippen molar-refractivity contribution in [1.82, 2.24) is 5.32 Å². The van der Waals surface area contributed by atoms with Crippen molar-refractivity contribution in [3.63, 3.8) is 0 Å². The number of rotatable bonds is 4. The van der Waals surface area contributed by atoms with Crippen molar-refractivity contribution in [3.8, 4) is 0 Å². The van der Waals surface area contributed by atoms with Crippen LogP contribution in [0.15, 0.2) is 72.3 Å². The Hall–Kier alpha value is -3.48. The Labute approximate surface area is 193 Å². The number of urea groups is 1. The highest BCUT2D eigenvalue weighted by Crippen LogP contribution is 2.29. The minimum atomic E-state index is -0.879. The second-order valence-corrected chi connectivity index (χ2v) is 7.88. The summed E-state index contributed by atoms with van der Waals surface area (Å²) in [6.07, 6.45) is 1.80. The molecule has 4 amide bonds. The van der Waals surface area contributed by atoms with Crippen LogP contribution in [0.2, 0.25) is 10.0 Å². The summed E-state index contributed by atoms with van der Waals surface area (Å²) in [5.74, 6) is -1.87. The first-order valence-corrected chi connectivity index (χ1v) is 10.3. The molecule has 5 nitrogen and oxygen atoms in total. The maximum Gasteiger partial charge on any atom is 0.335 e. The molecule has 1 aliphatic heterocycles. The minimum absolute atomic E-state index is 0.164. The molecule has 1 aliphatic rings. The lowest BCUT2D eigenvalue weighted by Crippen LogP contribution is -2.54. The minimum Gasteiger partial charge on any atom is -0.273 e. The van der Waals surface area contributed by atoms with Crippen LogP contribution in [0.5, 0.6) is 0 Å². The van der Waals surface area contributed by atoms with E-state index in [1.54, 1.807) is 42.5 Å². The van der Waals surface area contributed by atoms with E-state index in [2.05, 4.69) is 5.32 Å². The Morgan fingerprint density at radius 3 is 2.31 bits per heavy atom. The Morgan fingerprint density at radius 1 is 0.906 bits per heavy atom. The maximum atomic E-state index is 13.9. The highest BCUT2D eigenvalue weighted by molar-refractivity contribution is 6.43. The number of imide groups is 2. The van der Waals surface area contributed by atoms with Crippen molar-refractivity contribution in [1.29, 1.82) is 0 Å². The molecule has 8 heteroatoms. The Kier molecular flexibility index (Phi) is 6.08. The van der Waals surface area contributed by atoms with E-state index >= 15 is 0 Å². The van der Waals surface area contributed by atoms with E-state index < -0.39 is 17.8 Å². The molecule has 4 rings (SSSR count). The molecule has 3 aromatic carbocycles. The molecule has 0 bridgehead atoms. The Morgan fingerprint density at radius 2 is 1.62 bits per heavy atom. The third kappa shape index (κ3) is 4.42. The zero-order valence-electron chi connectivity index (χ0n) is 16.4. The summed E-state index contributed by atoms with van der Waals surface area (Å²) < 4.78 is 13.9. The van der Waals surface area contributed by atoms with Crippen LogP contribution in [-0.4, -0.2) is 17.8 Å². The van der Waals surface area contributed by atoms with Gasteiger partial charge in [-0.25, -0.2) is 14.1 Å². The third-order valence-corrected chi connectivity index (χ3v) is 5.65. The van der Waals surface area contributed by atoms with Crippen molar-refractivity contribution in [2.24, 2.45) is 0 Å². The number of halogens is 3. The molecule has 0 aliphatic carbocycles. The largest absolute Gasteiger partial charge is 0.335 e.